The monoisotopic (exact) mass is 404 g/mol. The van der Waals surface area contributed by atoms with Gasteiger partial charge in [0.25, 0.3) is 5.24 Å². The Balaban J connectivity index is 1.55. The van der Waals surface area contributed by atoms with Gasteiger partial charge >= 0.3 is 0 Å². The molecule has 9 heteroatoms. The number of fused-ring (bicyclic) bond motifs is 1. The van der Waals surface area contributed by atoms with E-state index in [-0.39, 0.29) is 32.8 Å². The van der Waals surface area contributed by atoms with Crippen LogP contribution >= 0.6 is 11.8 Å². The third-order valence-corrected chi connectivity index (χ3v) is 5.90. The molecule has 0 unspecified atom stereocenters. The Labute approximate surface area is 162 Å². The lowest BCUT2D eigenvalue weighted by molar-refractivity contribution is -0.0467. The van der Waals surface area contributed by atoms with Crippen molar-refractivity contribution in [3.63, 3.8) is 0 Å². The fraction of sp³-hybridized carbons (Fsp3) is 0.263. The van der Waals surface area contributed by atoms with Crippen molar-refractivity contribution < 1.29 is 27.6 Å². The molecule has 6 nitrogen and oxygen atoms in total. The van der Waals surface area contributed by atoms with Gasteiger partial charge in [-0.1, -0.05) is 47.3 Å². The number of aromatic nitrogens is 1. The fourth-order valence-electron chi connectivity index (χ4n) is 3.40. The minimum absolute atomic E-state index is 0.0779. The third-order valence-electron chi connectivity index (χ3n) is 4.77. The molecular formula is C19H14F2N2O4S. The van der Waals surface area contributed by atoms with Gasteiger partial charge in [-0.05, 0) is 11.6 Å². The van der Waals surface area contributed by atoms with Crippen LogP contribution in [0.2, 0.25) is 0 Å². The number of ether oxygens (including phenoxy) is 2. The SMILES string of the molecule is O=C1S[C@@H](c2ccccc2)CN1c1noc2c(F)c(F)c(C3OCCO3)cc12. The van der Waals surface area contributed by atoms with Gasteiger partial charge in [0, 0.05) is 12.1 Å². The summed E-state index contributed by atoms with van der Waals surface area (Å²) in [5.74, 6) is -2.13. The van der Waals surface area contributed by atoms with Crippen LogP contribution in [0.5, 0.6) is 0 Å². The number of halogens is 2. The van der Waals surface area contributed by atoms with E-state index in [0.29, 0.717) is 19.8 Å². The number of nitrogens with zero attached hydrogens (tertiary/aromatic N) is 2. The topological polar surface area (TPSA) is 64.8 Å². The second kappa shape index (κ2) is 6.84. The van der Waals surface area contributed by atoms with Crippen LogP contribution in [0.15, 0.2) is 40.9 Å². The van der Waals surface area contributed by atoms with E-state index >= 15 is 0 Å². The molecule has 3 heterocycles. The van der Waals surface area contributed by atoms with Gasteiger partial charge in [0.2, 0.25) is 11.4 Å². The third kappa shape index (κ3) is 2.78. The molecule has 0 aliphatic carbocycles. The number of carbonyl (C=O) groups is 1. The molecule has 1 amide bonds. The molecule has 5 rings (SSSR count). The Morgan fingerprint density at radius 2 is 1.86 bits per heavy atom. The van der Waals surface area contributed by atoms with Crippen LogP contribution in [0.1, 0.15) is 22.7 Å². The average Bonchev–Trinajstić information content (AvgIpc) is 3.45. The van der Waals surface area contributed by atoms with E-state index in [1.54, 1.807) is 0 Å². The van der Waals surface area contributed by atoms with E-state index in [1.165, 1.54) is 11.0 Å². The number of benzene rings is 2. The van der Waals surface area contributed by atoms with Crippen molar-refractivity contribution in [2.75, 3.05) is 24.7 Å². The normalized spacial score (nSPS) is 20.6. The molecule has 2 aliphatic rings. The number of thioether (sulfide) groups is 1. The predicted molar refractivity (Wildman–Crippen MR) is 98.1 cm³/mol. The van der Waals surface area contributed by atoms with E-state index in [9.17, 15) is 13.6 Å². The summed E-state index contributed by atoms with van der Waals surface area (Å²) in [7, 11) is 0. The Kier molecular flexibility index (Phi) is 4.30. The molecule has 2 fully saturated rings. The molecule has 0 radical (unpaired) electrons. The van der Waals surface area contributed by atoms with Gasteiger partial charge in [0.05, 0.1) is 23.8 Å². The van der Waals surface area contributed by atoms with Crippen molar-refractivity contribution in [1.82, 2.24) is 5.16 Å². The summed E-state index contributed by atoms with van der Waals surface area (Å²) in [6.07, 6.45) is -0.998. The first-order valence-electron chi connectivity index (χ1n) is 8.67. The highest BCUT2D eigenvalue weighted by molar-refractivity contribution is 8.14. The van der Waals surface area contributed by atoms with Crippen molar-refractivity contribution in [2.24, 2.45) is 0 Å². The van der Waals surface area contributed by atoms with Crippen LogP contribution in [-0.4, -0.2) is 30.2 Å². The van der Waals surface area contributed by atoms with Gasteiger partial charge in [-0.2, -0.15) is 4.39 Å². The molecule has 0 bridgehead atoms. The number of rotatable bonds is 3. The van der Waals surface area contributed by atoms with E-state index < -0.39 is 17.9 Å². The van der Waals surface area contributed by atoms with Gasteiger partial charge in [0.15, 0.2) is 17.9 Å². The second-order valence-electron chi connectivity index (χ2n) is 6.44. The first-order chi connectivity index (χ1) is 13.6. The minimum Gasteiger partial charge on any atom is -0.351 e. The summed E-state index contributed by atoms with van der Waals surface area (Å²) < 4.78 is 44.6. The van der Waals surface area contributed by atoms with E-state index in [1.807, 2.05) is 30.3 Å². The molecular weight excluding hydrogens is 390 g/mol. The smallest absolute Gasteiger partial charge is 0.288 e. The zero-order valence-electron chi connectivity index (χ0n) is 14.4. The fourth-order valence-corrected chi connectivity index (χ4v) is 4.45. The predicted octanol–water partition coefficient (Wildman–Crippen LogP) is 4.57. The molecule has 0 spiro atoms. The second-order valence-corrected chi connectivity index (χ2v) is 7.60. The Morgan fingerprint density at radius 1 is 1.11 bits per heavy atom. The van der Waals surface area contributed by atoms with E-state index in [4.69, 9.17) is 14.0 Å². The Morgan fingerprint density at radius 3 is 2.61 bits per heavy atom. The molecule has 144 valence electrons. The summed E-state index contributed by atoms with van der Waals surface area (Å²) in [5.41, 5.74) is 0.586. The van der Waals surface area contributed by atoms with Gasteiger partial charge in [0.1, 0.15) is 0 Å². The van der Waals surface area contributed by atoms with Crippen molar-refractivity contribution >= 4 is 33.8 Å². The summed E-state index contributed by atoms with van der Waals surface area (Å²) in [6.45, 7) is 0.931. The maximum absolute atomic E-state index is 14.5. The zero-order chi connectivity index (χ0) is 19.3. The van der Waals surface area contributed by atoms with E-state index in [2.05, 4.69) is 5.16 Å². The molecule has 2 saturated heterocycles. The maximum Gasteiger partial charge on any atom is 0.288 e. The lowest BCUT2D eigenvalue weighted by Crippen LogP contribution is -2.23. The Hall–Kier alpha value is -2.49. The van der Waals surface area contributed by atoms with Gasteiger partial charge < -0.3 is 14.0 Å². The number of carbonyl (C=O) groups excluding carboxylic acids is 1. The lowest BCUT2D eigenvalue weighted by atomic mass is 10.1. The number of amides is 1. The van der Waals surface area contributed by atoms with Crippen LogP contribution in [-0.2, 0) is 9.47 Å². The highest BCUT2D eigenvalue weighted by Gasteiger charge is 2.37. The number of hydrogen-bond donors (Lipinski definition) is 0. The number of anilines is 1. The molecule has 1 aromatic heterocycles. The molecule has 2 aromatic carbocycles. The quantitative estimate of drug-likeness (QED) is 0.637. The molecule has 28 heavy (non-hydrogen) atoms. The molecule has 0 saturated carbocycles. The Bertz CT molecular complexity index is 1050. The largest absolute Gasteiger partial charge is 0.351 e. The van der Waals surface area contributed by atoms with Crippen LogP contribution in [0.25, 0.3) is 11.0 Å². The van der Waals surface area contributed by atoms with Crippen LogP contribution < -0.4 is 4.90 Å². The van der Waals surface area contributed by atoms with Gasteiger partial charge in [-0.15, -0.1) is 0 Å². The van der Waals surface area contributed by atoms with E-state index in [0.717, 1.165) is 17.3 Å². The summed E-state index contributed by atoms with van der Waals surface area (Å²) >= 11 is 1.16. The van der Waals surface area contributed by atoms with Crippen LogP contribution in [0.4, 0.5) is 19.4 Å². The highest BCUT2D eigenvalue weighted by Crippen LogP contribution is 2.43. The first kappa shape index (κ1) is 17.6. The molecule has 1 atom stereocenters. The summed E-state index contributed by atoms with van der Waals surface area (Å²) in [6, 6.07) is 11.0. The first-order valence-corrected chi connectivity index (χ1v) is 9.55. The van der Waals surface area contributed by atoms with Crippen molar-refractivity contribution in [3.05, 3.63) is 59.2 Å². The van der Waals surface area contributed by atoms with Crippen LogP contribution in [0, 0.1) is 11.6 Å². The molecule has 2 aliphatic heterocycles. The lowest BCUT2D eigenvalue weighted by Gasteiger charge is -2.14. The summed E-state index contributed by atoms with van der Waals surface area (Å²) in [5, 5.41) is 3.73. The van der Waals surface area contributed by atoms with Crippen molar-refractivity contribution in [1.29, 1.82) is 0 Å². The minimum atomic E-state index is -1.18. The average molecular weight is 404 g/mol. The van der Waals surface area contributed by atoms with Crippen LogP contribution in [0.3, 0.4) is 0 Å². The zero-order valence-corrected chi connectivity index (χ0v) is 15.2. The van der Waals surface area contributed by atoms with Crippen molar-refractivity contribution in [3.8, 4) is 0 Å². The standard InChI is InChI=1S/C19H14F2N2O4S/c20-14-11(18-25-6-7-26-18)8-12-16(15(14)21)27-22-17(12)23-9-13(28-19(23)24)10-4-2-1-3-5-10/h1-5,8,13,18H,6-7,9H2/t13-/m1/s1. The van der Waals surface area contributed by atoms with Crippen molar-refractivity contribution in [2.45, 2.75) is 11.5 Å². The maximum atomic E-state index is 14.5. The van der Waals surface area contributed by atoms with Gasteiger partial charge in [-0.25, -0.2) is 4.39 Å². The highest BCUT2D eigenvalue weighted by atomic mass is 32.2. The number of hydrogen-bond acceptors (Lipinski definition) is 6. The van der Waals surface area contributed by atoms with Gasteiger partial charge in [-0.3, -0.25) is 9.69 Å². The summed E-state index contributed by atoms with van der Waals surface area (Å²) in [4.78, 5) is 14.0. The molecule has 0 N–H and O–H groups in total. The molecule has 3 aromatic rings.